The monoisotopic (exact) mass is 320 g/mol. The van der Waals surface area contributed by atoms with E-state index in [9.17, 15) is 4.79 Å². The van der Waals surface area contributed by atoms with Crippen LogP contribution in [-0.4, -0.2) is 30.8 Å². The van der Waals surface area contributed by atoms with Gasteiger partial charge in [0.25, 0.3) is 0 Å². The first kappa shape index (κ1) is 19.5. The maximum Gasteiger partial charge on any atom is 0.407 e. The lowest BCUT2D eigenvalue weighted by atomic mass is 10.0. The van der Waals surface area contributed by atoms with Crippen LogP contribution in [0.1, 0.15) is 46.6 Å². The second-order valence-corrected chi connectivity index (χ2v) is 7.40. The van der Waals surface area contributed by atoms with Crippen molar-refractivity contribution in [1.82, 2.24) is 10.6 Å². The number of amides is 1. The van der Waals surface area contributed by atoms with Crippen molar-refractivity contribution in [1.29, 1.82) is 0 Å². The lowest BCUT2D eigenvalue weighted by molar-refractivity contribution is 0.0521. The summed E-state index contributed by atoms with van der Waals surface area (Å²) in [6.07, 6.45) is 1.66. The normalized spacial score (nSPS) is 13.0. The predicted octanol–water partition coefficient (Wildman–Crippen LogP) is 3.76. The van der Waals surface area contributed by atoms with Gasteiger partial charge >= 0.3 is 6.09 Å². The van der Waals surface area contributed by atoms with E-state index in [1.54, 1.807) is 0 Å². The molecule has 4 nitrogen and oxygen atoms in total. The van der Waals surface area contributed by atoms with E-state index in [1.807, 2.05) is 26.8 Å². The van der Waals surface area contributed by atoms with Crippen LogP contribution in [-0.2, 0) is 11.2 Å². The summed E-state index contributed by atoms with van der Waals surface area (Å²) in [5.74, 6) is 0.574. The number of benzene rings is 1. The number of carbonyl (C=O) groups excluding carboxylic acids is 1. The van der Waals surface area contributed by atoms with E-state index < -0.39 is 5.60 Å². The number of carbonyl (C=O) groups is 1. The number of nitrogens with one attached hydrogen (secondary N) is 2. The smallest absolute Gasteiger partial charge is 0.407 e. The molecule has 0 spiro atoms. The summed E-state index contributed by atoms with van der Waals surface area (Å²) >= 11 is 0. The Morgan fingerprint density at radius 1 is 1.17 bits per heavy atom. The van der Waals surface area contributed by atoms with Crippen molar-refractivity contribution >= 4 is 6.09 Å². The molecule has 1 amide bonds. The van der Waals surface area contributed by atoms with Gasteiger partial charge in [0.1, 0.15) is 5.60 Å². The van der Waals surface area contributed by atoms with Gasteiger partial charge in [-0.05, 0) is 51.6 Å². The molecule has 1 rings (SSSR count). The van der Waals surface area contributed by atoms with Crippen LogP contribution in [0.25, 0.3) is 0 Å². The summed E-state index contributed by atoms with van der Waals surface area (Å²) in [6, 6.07) is 10.7. The third kappa shape index (κ3) is 9.95. The minimum absolute atomic E-state index is 0.256. The zero-order chi connectivity index (χ0) is 17.3. The summed E-state index contributed by atoms with van der Waals surface area (Å²) < 4.78 is 5.29. The fourth-order valence-corrected chi connectivity index (χ4v) is 2.39. The molecule has 23 heavy (non-hydrogen) atoms. The zero-order valence-electron chi connectivity index (χ0n) is 15.2. The van der Waals surface area contributed by atoms with Crippen LogP contribution in [0.2, 0.25) is 0 Å². The van der Waals surface area contributed by atoms with Gasteiger partial charge in [-0.2, -0.15) is 0 Å². The Balaban J connectivity index is 2.38. The van der Waals surface area contributed by atoms with Gasteiger partial charge in [0.15, 0.2) is 0 Å². The van der Waals surface area contributed by atoms with Crippen LogP contribution in [0.5, 0.6) is 0 Å². The molecule has 130 valence electrons. The summed E-state index contributed by atoms with van der Waals surface area (Å²) in [4.78, 5) is 11.8. The lowest BCUT2D eigenvalue weighted by Crippen LogP contribution is -2.44. The lowest BCUT2D eigenvalue weighted by Gasteiger charge is -2.23. The zero-order valence-corrected chi connectivity index (χ0v) is 15.2. The molecule has 0 aromatic heterocycles. The van der Waals surface area contributed by atoms with Crippen LogP contribution < -0.4 is 10.6 Å². The average Bonchev–Trinajstić information content (AvgIpc) is 2.43. The van der Waals surface area contributed by atoms with E-state index in [0.717, 1.165) is 19.4 Å². The molecule has 2 N–H and O–H groups in total. The van der Waals surface area contributed by atoms with E-state index in [0.29, 0.717) is 12.5 Å². The molecule has 0 aliphatic heterocycles. The Morgan fingerprint density at radius 2 is 1.83 bits per heavy atom. The van der Waals surface area contributed by atoms with Gasteiger partial charge in [0, 0.05) is 12.6 Å². The van der Waals surface area contributed by atoms with Crippen LogP contribution >= 0.6 is 0 Å². The van der Waals surface area contributed by atoms with E-state index in [4.69, 9.17) is 4.74 Å². The topological polar surface area (TPSA) is 50.4 Å². The van der Waals surface area contributed by atoms with Crippen molar-refractivity contribution in [3.8, 4) is 0 Å². The second-order valence-electron chi connectivity index (χ2n) is 7.40. The fraction of sp³-hybridized carbons (Fsp3) is 0.632. The van der Waals surface area contributed by atoms with Crippen molar-refractivity contribution in [2.45, 2.75) is 59.1 Å². The van der Waals surface area contributed by atoms with E-state index >= 15 is 0 Å². The molecule has 0 saturated heterocycles. The largest absolute Gasteiger partial charge is 0.444 e. The van der Waals surface area contributed by atoms with Crippen LogP contribution in [0, 0.1) is 5.92 Å². The molecule has 0 aliphatic carbocycles. The third-order valence-corrected chi connectivity index (χ3v) is 3.34. The van der Waals surface area contributed by atoms with Crippen molar-refractivity contribution in [2.24, 2.45) is 5.92 Å². The number of ether oxygens (including phenoxy) is 1. The highest BCUT2D eigenvalue weighted by atomic mass is 16.6. The number of rotatable bonds is 8. The molecule has 1 aromatic carbocycles. The Morgan fingerprint density at radius 3 is 2.39 bits per heavy atom. The van der Waals surface area contributed by atoms with Crippen molar-refractivity contribution in [2.75, 3.05) is 13.1 Å². The Labute approximate surface area is 141 Å². The molecular weight excluding hydrogens is 288 g/mol. The van der Waals surface area contributed by atoms with Crippen molar-refractivity contribution in [3.63, 3.8) is 0 Å². The van der Waals surface area contributed by atoms with Gasteiger partial charge in [0.05, 0.1) is 0 Å². The SMILES string of the molecule is CC(C)CC(CNC(=O)OC(C)(C)C)NCCc1ccccc1. The fourth-order valence-electron chi connectivity index (χ4n) is 2.39. The quantitative estimate of drug-likeness (QED) is 0.767. The molecule has 1 aromatic rings. The third-order valence-electron chi connectivity index (χ3n) is 3.34. The highest BCUT2D eigenvalue weighted by Crippen LogP contribution is 2.08. The second kappa shape index (κ2) is 9.56. The van der Waals surface area contributed by atoms with Gasteiger partial charge in [-0.25, -0.2) is 4.79 Å². The van der Waals surface area contributed by atoms with Gasteiger partial charge in [-0.15, -0.1) is 0 Å². The molecule has 0 aliphatic rings. The maximum absolute atomic E-state index is 11.8. The molecule has 4 heteroatoms. The predicted molar refractivity (Wildman–Crippen MR) is 95.6 cm³/mol. The molecular formula is C19H32N2O2. The standard InChI is InChI=1S/C19H32N2O2/c1-15(2)13-17(14-21-18(22)23-19(3,4)5)20-12-11-16-9-7-6-8-10-16/h6-10,15,17,20H,11-14H2,1-5H3,(H,21,22). The number of hydrogen-bond donors (Lipinski definition) is 2. The molecule has 1 atom stereocenters. The van der Waals surface area contributed by atoms with E-state index in [2.05, 4.69) is 48.7 Å². The Hall–Kier alpha value is -1.55. The molecule has 0 fully saturated rings. The minimum Gasteiger partial charge on any atom is -0.444 e. The highest BCUT2D eigenvalue weighted by molar-refractivity contribution is 5.67. The summed E-state index contributed by atoms with van der Waals surface area (Å²) in [5.41, 5.74) is 0.863. The van der Waals surface area contributed by atoms with Crippen LogP contribution in [0.3, 0.4) is 0 Å². The maximum atomic E-state index is 11.8. The average molecular weight is 320 g/mol. The number of alkyl carbamates (subject to hydrolysis) is 1. The first-order valence-corrected chi connectivity index (χ1v) is 8.50. The van der Waals surface area contributed by atoms with Crippen molar-refractivity contribution < 1.29 is 9.53 Å². The first-order chi connectivity index (χ1) is 10.8. The van der Waals surface area contributed by atoms with Gasteiger partial charge in [0.2, 0.25) is 0 Å². The van der Waals surface area contributed by atoms with Gasteiger partial charge < -0.3 is 15.4 Å². The van der Waals surface area contributed by atoms with E-state index in [-0.39, 0.29) is 12.1 Å². The molecule has 1 unspecified atom stereocenters. The molecule has 0 radical (unpaired) electrons. The van der Waals surface area contributed by atoms with Gasteiger partial charge in [-0.1, -0.05) is 44.2 Å². The summed E-state index contributed by atoms with van der Waals surface area (Å²) in [6.45, 7) is 11.5. The summed E-state index contributed by atoms with van der Waals surface area (Å²) in [7, 11) is 0. The van der Waals surface area contributed by atoms with Gasteiger partial charge in [-0.3, -0.25) is 0 Å². The number of hydrogen-bond acceptors (Lipinski definition) is 3. The van der Waals surface area contributed by atoms with E-state index in [1.165, 1.54) is 5.56 Å². The van der Waals surface area contributed by atoms with Crippen molar-refractivity contribution in [3.05, 3.63) is 35.9 Å². The Bertz CT molecular complexity index is 452. The molecule has 0 heterocycles. The van der Waals surface area contributed by atoms with Crippen LogP contribution in [0.15, 0.2) is 30.3 Å². The first-order valence-electron chi connectivity index (χ1n) is 8.50. The Kier molecular flexibility index (Phi) is 8.10. The minimum atomic E-state index is -0.460. The van der Waals surface area contributed by atoms with Crippen LogP contribution in [0.4, 0.5) is 4.79 Å². The molecule has 0 saturated carbocycles. The summed E-state index contributed by atoms with van der Waals surface area (Å²) in [5, 5.41) is 6.42. The molecule has 0 bridgehead atoms. The highest BCUT2D eigenvalue weighted by Gasteiger charge is 2.17.